The van der Waals surface area contributed by atoms with Crippen LogP contribution < -0.4 is 9.47 Å². The molecule has 1 amide bonds. The van der Waals surface area contributed by atoms with Crippen LogP contribution in [0.3, 0.4) is 0 Å². The first kappa shape index (κ1) is 23.0. The molecule has 0 saturated heterocycles. The lowest BCUT2D eigenvalue weighted by Crippen LogP contribution is -2.32. The summed E-state index contributed by atoms with van der Waals surface area (Å²) in [5.74, 6) is 1.35. The summed E-state index contributed by atoms with van der Waals surface area (Å²) in [5, 5.41) is 0.652. The number of nitrogens with zero attached hydrogens (tertiary/aromatic N) is 1. The molecule has 1 aliphatic heterocycles. The lowest BCUT2D eigenvalue weighted by atomic mass is 9.88. The average Bonchev–Trinajstić information content (AvgIpc) is 3.38. The number of rotatable bonds is 8. The van der Waals surface area contributed by atoms with Crippen LogP contribution in [0, 0.1) is 0 Å². The molecule has 176 valence electrons. The average molecular weight is 484 g/mol. The van der Waals surface area contributed by atoms with E-state index in [0.29, 0.717) is 35.2 Å². The second-order valence-electron chi connectivity index (χ2n) is 8.55. The fraction of sp³-hybridized carbons (Fsp3) is 0.167. The first-order valence-corrected chi connectivity index (χ1v) is 12.1. The van der Waals surface area contributed by atoms with Gasteiger partial charge in [0.05, 0.1) is 0 Å². The van der Waals surface area contributed by atoms with Crippen molar-refractivity contribution in [3.05, 3.63) is 130 Å². The minimum absolute atomic E-state index is 0.0666. The lowest BCUT2D eigenvalue weighted by Gasteiger charge is -2.27. The number of benzene rings is 4. The highest BCUT2D eigenvalue weighted by molar-refractivity contribution is 6.31. The summed E-state index contributed by atoms with van der Waals surface area (Å²) in [4.78, 5) is 15.6. The van der Waals surface area contributed by atoms with Gasteiger partial charge in [-0.1, -0.05) is 90.5 Å². The first-order chi connectivity index (χ1) is 17.2. The van der Waals surface area contributed by atoms with Crippen LogP contribution in [0.4, 0.5) is 0 Å². The summed E-state index contributed by atoms with van der Waals surface area (Å²) in [6.45, 7) is 1.16. The Hall–Kier alpha value is -3.76. The highest BCUT2D eigenvalue weighted by Gasteiger charge is 2.23. The Bertz CT molecular complexity index is 1250. The Labute approximate surface area is 210 Å². The van der Waals surface area contributed by atoms with Crippen molar-refractivity contribution in [3.63, 3.8) is 0 Å². The molecule has 0 spiro atoms. The van der Waals surface area contributed by atoms with Crippen LogP contribution in [0.15, 0.2) is 103 Å². The van der Waals surface area contributed by atoms with Crippen molar-refractivity contribution in [2.45, 2.75) is 18.9 Å². The standard InChI is InChI=1S/C30H26ClNO3/c31-27-14-8-7-13-25(27)20-32(30(33)24-15-16-28-29(19-24)35-21-34-28)18-17-26(22-9-3-1-4-10-22)23-11-5-2-6-12-23/h1-16,19,26H,17-18,20-21H2. The lowest BCUT2D eigenvalue weighted by molar-refractivity contribution is 0.0739. The van der Waals surface area contributed by atoms with Gasteiger partial charge < -0.3 is 14.4 Å². The summed E-state index contributed by atoms with van der Waals surface area (Å²) >= 11 is 6.48. The monoisotopic (exact) mass is 483 g/mol. The van der Waals surface area contributed by atoms with E-state index in [2.05, 4.69) is 48.5 Å². The largest absolute Gasteiger partial charge is 0.454 e. The van der Waals surface area contributed by atoms with Crippen LogP contribution >= 0.6 is 11.6 Å². The highest BCUT2D eigenvalue weighted by Crippen LogP contribution is 2.34. The molecular weight excluding hydrogens is 458 g/mol. The third kappa shape index (κ3) is 5.33. The molecular formula is C30H26ClNO3. The van der Waals surface area contributed by atoms with E-state index in [4.69, 9.17) is 21.1 Å². The van der Waals surface area contributed by atoms with Gasteiger partial charge in [0.1, 0.15) is 0 Å². The van der Waals surface area contributed by atoms with Gasteiger partial charge in [-0.15, -0.1) is 0 Å². The van der Waals surface area contributed by atoms with Gasteiger partial charge in [0, 0.05) is 29.6 Å². The molecule has 5 heteroatoms. The van der Waals surface area contributed by atoms with E-state index in [1.165, 1.54) is 11.1 Å². The SMILES string of the molecule is O=C(c1ccc2c(c1)OCO2)N(CCC(c1ccccc1)c1ccccc1)Cc1ccccc1Cl. The topological polar surface area (TPSA) is 38.8 Å². The van der Waals surface area contributed by atoms with Crippen molar-refractivity contribution in [1.29, 1.82) is 0 Å². The molecule has 0 atom stereocenters. The molecule has 0 unspecified atom stereocenters. The molecule has 35 heavy (non-hydrogen) atoms. The Morgan fingerprint density at radius 3 is 2.11 bits per heavy atom. The number of amides is 1. The highest BCUT2D eigenvalue weighted by atomic mass is 35.5. The number of fused-ring (bicyclic) bond motifs is 1. The molecule has 0 radical (unpaired) electrons. The van der Waals surface area contributed by atoms with E-state index in [1.54, 1.807) is 18.2 Å². The molecule has 1 aliphatic rings. The van der Waals surface area contributed by atoms with Crippen LogP contribution in [0.5, 0.6) is 11.5 Å². The van der Waals surface area contributed by atoms with E-state index in [1.807, 2.05) is 41.3 Å². The van der Waals surface area contributed by atoms with Gasteiger partial charge in [-0.3, -0.25) is 4.79 Å². The van der Waals surface area contributed by atoms with Crippen LogP contribution in [0.2, 0.25) is 5.02 Å². The number of hydrogen-bond acceptors (Lipinski definition) is 3. The van der Waals surface area contributed by atoms with Crippen LogP contribution in [-0.4, -0.2) is 24.1 Å². The Kier molecular flexibility index (Phi) is 7.01. The maximum atomic E-state index is 13.7. The molecule has 0 N–H and O–H groups in total. The van der Waals surface area contributed by atoms with Crippen LogP contribution in [0.25, 0.3) is 0 Å². The van der Waals surface area contributed by atoms with Crippen LogP contribution in [0.1, 0.15) is 39.4 Å². The third-order valence-corrected chi connectivity index (χ3v) is 6.69. The fourth-order valence-electron chi connectivity index (χ4n) is 4.48. The van der Waals surface area contributed by atoms with Gasteiger partial charge in [-0.05, 0) is 47.4 Å². The molecule has 0 bridgehead atoms. The van der Waals surface area contributed by atoms with Crippen molar-refractivity contribution in [2.24, 2.45) is 0 Å². The van der Waals surface area contributed by atoms with Crippen molar-refractivity contribution in [2.75, 3.05) is 13.3 Å². The second-order valence-corrected chi connectivity index (χ2v) is 8.96. The van der Waals surface area contributed by atoms with Gasteiger partial charge in [0.25, 0.3) is 5.91 Å². The molecule has 1 heterocycles. The smallest absolute Gasteiger partial charge is 0.254 e. The summed E-state index contributed by atoms with van der Waals surface area (Å²) < 4.78 is 10.9. The number of carbonyl (C=O) groups is 1. The van der Waals surface area contributed by atoms with Gasteiger partial charge in [-0.2, -0.15) is 0 Å². The summed E-state index contributed by atoms with van der Waals surface area (Å²) in [6, 6.07) is 33.9. The fourth-order valence-corrected chi connectivity index (χ4v) is 4.67. The molecule has 0 saturated carbocycles. The van der Waals surface area contributed by atoms with E-state index in [-0.39, 0.29) is 18.6 Å². The Balaban J connectivity index is 1.44. The molecule has 0 aliphatic carbocycles. The minimum Gasteiger partial charge on any atom is -0.454 e. The van der Waals surface area contributed by atoms with Gasteiger partial charge in [-0.25, -0.2) is 0 Å². The van der Waals surface area contributed by atoms with Crippen molar-refractivity contribution >= 4 is 17.5 Å². The van der Waals surface area contributed by atoms with E-state index < -0.39 is 0 Å². The van der Waals surface area contributed by atoms with E-state index >= 15 is 0 Å². The molecule has 0 aromatic heterocycles. The van der Waals surface area contributed by atoms with Crippen molar-refractivity contribution in [3.8, 4) is 11.5 Å². The predicted octanol–water partition coefficient (Wildman–Crippen LogP) is 6.93. The van der Waals surface area contributed by atoms with Gasteiger partial charge >= 0.3 is 0 Å². The van der Waals surface area contributed by atoms with Crippen molar-refractivity contribution < 1.29 is 14.3 Å². The first-order valence-electron chi connectivity index (χ1n) is 11.7. The minimum atomic E-state index is -0.0666. The quantitative estimate of drug-likeness (QED) is 0.272. The maximum absolute atomic E-state index is 13.7. The normalized spacial score (nSPS) is 12.1. The zero-order valence-corrected chi connectivity index (χ0v) is 20.0. The Morgan fingerprint density at radius 2 is 1.43 bits per heavy atom. The predicted molar refractivity (Wildman–Crippen MR) is 138 cm³/mol. The van der Waals surface area contributed by atoms with Gasteiger partial charge in [0.2, 0.25) is 6.79 Å². The summed E-state index contributed by atoms with van der Waals surface area (Å²) in [5.41, 5.74) is 3.94. The summed E-state index contributed by atoms with van der Waals surface area (Å²) in [6.07, 6.45) is 0.773. The Morgan fingerprint density at radius 1 is 0.800 bits per heavy atom. The number of carbonyl (C=O) groups excluding carboxylic acids is 1. The molecule has 4 nitrogen and oxygen atoms in total. The number of ether oxygens (including phenoxy) is 2. The van der Waals surface area contributed by atoms with Crippen molar-refractivity contribution in [1.82, 2.24) is 4.90 Å². The number of hydrogen-bond donors (Lipinski definition) is 0. The van der Waals surface area contributed by atoms with E-state index in [9.17, 15) is 4.79 Å². The third-order valence-electron chi connectivity index (χ3n) is 6.32. The zero-order chi connectivity index (χ0) is 24.0. The molecule has 4 aromatic rings. The molecule has 4 aromatic carbocycles. The zero-order valence-electron chi connectivity index (χ0n) is 19.3. The second kappa shape index (κ2) is 10.7. The van der Waals surface area contributed by atoms with E-state index in [0.717, 1.165) is 12.0 Å². The van der Waals surface area contributed by atoms with Gasteiger partial charge in [0.15, 0.2) is 11.5 Å². The van der Waals surface area contributed by atoms with Crippen LogP contribution in [-0.2, 0) is 6.54 Å². The number of halogens is 1. The maximum Gasteiger partial charge on any atom is 0.254 e. The summed E-state index contributed by atoms with van der Waals surface area (Å²) in [7, 11) is 0. The molecule has 5 rings (SSSR count). The molecule has 0 fully saturated rings.